The third-order valence-corrected chi connectivity index (χ3v) is 3.16. The Morgan fingerprint density at radius 2 is 2.11 bits per heavy atom. The van der Waals surface area contributed by atoms with Crippen LogP contribution >= 0.6 is 0 Å². The van der Waals surface area contributed by atoms with Gasteiger partial charge in [0.2, 0.25) is 12.6 Å². The zero-order chi connectivity index (χ0) is 13.6. The standard InChI is InChI=1S/C13H11NO5/c1-6-3-9-12(18-5-17-9)11(7(6)2)8-4-10(13(15)16)19-14-8/h3-4H,5H2,1-2H3,(H,15,16). The molecular formula is C13H11NO5. The van der Waals surface area contributed by atoms with Gasteiger partial charge in [-0.15, -0.1) is 0 Å². The first kappa shape index (κ1) is 11.6. The number of carboxylic acids is 1. The van der Waals surface area contributed by atoms with Crippen molar-refractivity contribution in [3.63, 3.8) is 0 Å². The Kier molecular flexibility index (Phi) is 2.45. The summed E-state index contributed by atoms with van der Waals surface area (Å²) < 4.78 is 15.6. The summed E-state index contributed by atoms with van der Waals surface area (Å²) in [5.74, 6) is -0.146. The van der Waals surface area contributed by atoms with Gasteiger partial charge in [0.25, 0.3) is 0 Å². The highest BCUT2D eigenvalue weighted by Gasteiger charge is 2.25. The SMILES string of the molecule is Cc1cc2c(c(-c3cc(C(=O)O)on3)c1C)OCO2. The summed E-state index contributed by atoms with van der Waals surface area (Å²) >= 11 is 0. The maximum absolute atomic E-state index is 10.8. The molecule has 98 valence electrons. The Hall–Kier alpha value is -2.50. The Balaban J connectivity index is 2.21. The van der Waals surface area contributed by atoms with Gasteiger partial charge in [0.1, 0.15) is 5.69 Å². The van der Waals surface area contributed by atoms with Gasteiger partial charge in [-0.1, -0.05) is 5.16 Å². The molecular weight excluding hydrogens is 250 g/mol. The summed E-state index contributed by atoms with van der Waals surface area (Å²) in [4.78, 5) is 10.8. The lowest BCUT2D eigenvalue weighted by Crippen LogP contribution is -1.94. The van der Waals surface area contributed by atoms with E-state index in [4.69, 9.17) is 19.1 Å². The first-order valence-electron chi connectivity index (χ1n) is 5.68. The first-order chi connectivity index (χ1) is 9.08. The van der Waals surface area contributed by atoms with Gasteiger partial charge in [0, 0.05) is 6.07 Å². The number of hydrogen-bond acceptors (Lipinski definition) is 5. The molecule has 6 heteroatoms. The zero-order valence-corrected chi connectivity index (χ0v) is 10.4. The summed E-state index contributed by atoms with van der Waals surface area (Å²) in [6.07, 6.45) is 0. The fraction of sp³-hybridized carbons (Fsp3) is 0.231. The molecule has 0 saturated carbocycles. The van der Waals surface area contributed by atoms with Crippen molar-refractivity contribution in [2.75, 3.05) is 6.79 Å². The Labute approximate surface area is 108 Å². The fourth-order valence-electron chi connectivity index (χ4n) is 2.07. The third-order valence-electron chi connectivity index (χ3n) is 3.16. The number of benzene rings is 1. The van der Waals surface area contributed by atoms with Gasteiger partial charge >= 0.3 is 5.97 Å². The molecule has 2 aromatic rings. The van der Waals surface area contributed by atoms with Gasteiger partial charge in [0.15, 0.2) is 11.5 Å². The van der Waals surface area contributed by atoms with Gasteiger partial charge in [-0.3, -0.25) is 0 Å². The highest BCUT2D eigenvalue weighted by atomic mass is 16.7. The van der Waals surface area contributed by atoms with E-state index in [-0.39, 0.29) is 12.6 Å². The third kappa shape index (κ3) is 1.72. The number of carbonyl (C=O) groups is 1. The van der Waals surface area contributed by atoms with Gasteiger partial charge in [0.05, 0.1) is 5.56 Å². The van der Waals surface area contributed by atoms with E-state index in [0.717, 1.165) is 11.1 Å². The first-order valence-corrected chi connectivity index (χ1v) is 5.68. The number of hydrogen-bond donors (Lipinski definition) is 1. The van der Waals surface area contributed by atoms with E-state index in [9.17, 15) is 4.79 Å². The van der Waals surface area contributed by atoms with Gasteiger partial charge < -0.3 is 19.1 Å². The second-order valence-electron chi connectivity index (χ2n) is 4.31. The molecule has 19 heavy (non-hydrogen) atoms. The minimum absolute atomic E-state index is 0.148. The number of aromatic nitrogens is 1. The fourth-order valence-corrected chi connectivity index (χ4v) is 2.07. The van der Waals surface area contributed by atoms with Crippen LogP contribution < -0.4 is 9.47 Å². The van der Waals surface area contributed by atoms with Crippen LogP contribution in [0.3, 0.4) is 0 Å². The molecule has 0 unspecified atom stereocenters. The normalized spacial score (nSPS) is 12.7. The van der Waals surface area contributed by atoms with Crippen LogP contribution in [0.5, 0.6) is 11.5 Å². The van der Waals surface area contributed by atoms with E-state index in [1.165, 1.54) is 6.07 Å². The largest absolute Gasteiger partial charge is 0.475 e. The van der Waals surface area contributed by atoms with Crippen molar-refractivity contribution >= 4 is 5.97 Å². The number of carboxylic acid groups (broad SMARTS) is 1. The molecule has 0 saturated heterocycles. The maximum Gasteiger partial charge on any atom is 0.374 e. The van der Waals surface area contributed by atoms with Crippen molar-refractivity contribution in [2.24, 2.45) is 0 Å². The zero-order valence-electron chi connectivity index (χ0n) is 10.4. The smallest absolute Gasteiger partial charge is 0.374 e. The molecule has 0 radical (unpaired) electrons. The molecule has 3 rings (SSSR count). The van der Waals surface area contributed by atoms with E-state index in [1.54, 1.807) is 0 Å². The summed E-state index contributed by atoms with van der Waals surface area (Å²) in [6.45, 7) is 4.01. The Bertz CT molecular complexity index is 674. The molecule has 1 N–H and O–H groups in total. The highest BCUT2D eigenvalue weighted by Crippen LogP contribution is 2.44. The minimum atomic E-state index is -1.15. The van der Waals surface area contributed by atoms with Crippen molar-refractivity contribution in [1.29, 1.82) is 0 Å². The average molecular weight is 261 g/mol. The van der Waals surface area contributed by atoms with Crippen molar-refractivity contribution in [2.45, 2.75) is 13.8 Å². The number of fused-ring (bicyclic) bond motifs is 1. The van der Waals surface area contributed by atoms with Crippen LogP contribution in [0.15, 0.2) is 16.7 Å². The second-order valence-corrected chi connectivity index (χ2v) is 4.31. The van der Waals surface area contributed by atoms with Crippen molar-refractivity contribution in [3.8, 4) is 22.8 Å². The monoisotopic (exact) mass is 261 g/mol. The molecule has 2 heterocycles. The van der Waals surface area contributed by atoms with Crippen molar-refractivity contribution < 1.29 is 23.9 Å². The summed E-state index contributed by atoms with van der Waals surface area (Å²) in [5.41, 5.74) is 3.11. The van der Waals surface area contributed by atoms with Gasteiger partial charge in [-0.25, -0.2) is 4.79 Å². The molecule has 0 atom stereocenters. The van der Waals surface area contributed by atoms with E-state index in [2.05, 4.69) is 5.16 Å². The molecule has 1 aliphatic heterocycles. The van der Waals surface area contributed by atoms with Crippen LogP contribution in [0.1, 0.15) is 21.7 Å². The predicted molar refractivity (Wildman–Crippen MR) is 64.5 cm³/mol. The Morgan fingerprint density at radius 1 is 1.32 bits per heavy atom. The van der Waals surface area contributed by atoms with E-state index < -0.39 is 5.97 Å². The lowest BCUT2D eigenvalue weighted by molar-refractivity contribution is 0.0652. The minimum Gasteiger partial charge on any atom is -0.475 e. The Morgan fingerprint density at radius 3 is 2.79 bits per heavy atom. The number of ether oxygens (including phenoxy) is 2. The molecule has 6 nitrogen and oxygen atoms in total. The quantitative estimate of drug-likeness (QED) is 0.893. The van der Waals surface area contributed by atoms with Crippen LogP contribution in [-0.2, 0) is 0 Å². The molecule has 0 amide bonds. The van der Waals surface area contributed by atoms with Gasteiger partial charge in [-0.05, 0) is 31.0 Å². The topological polar surface area (TPSA) is 81.8 Å². The van der Waals surface area contributed by atoms with E-state index >= 15 is 0 Å². The molecule has 1 aromatic heterocycles. The average Bonchev–Trinajstić information content (AvgIpc) is 2.99. The van der Waals surface area contributed by atoms with Crippen LogP contribution in [0.25, 0.3) is 11.3 Å². The lowest BCUT2D eigenvalue weighted by atomic mass is 9.99. The van der Waals surface area contributed by atoms with E-state index in [1.807, 2.05) is 19.9 Å². The molecule has 0 aliphatic carbocycles. The van der Waals surface area contributed by atoms with E-state index in [0.29, 0.717) is 22.8 Å². The number of rotatable bonds is 2. The predicted octanol–water partition coefficient (Wildman–Crippen LogP) is 2.39. The molecule has 0 fully saturated rings. The molecule has 0 bridgehead atoms. The van der Waals surface area contributed by atoms with Crippen LogP contribution in [-0.4, -0.2) is 23.0 Å². The number of aryl methyl sites for hydroxylation is 1. The number of aromatic carboxylic acids is 1. The van der Waals surface area contributed by atoms with Crippen LogP contribution in [0.2, 0.25) is 0 Å². The highest BCUT2D eigenvalue weighted by molar-refractivity contribution is 5.87. The van der Waals surface area contributed by atoms with Crippen LogP contribution in [0.4, 0.5) is 0 Å². The second kappa shape index (κ2) is 4.01. The van der Waals surface area contributed by atoms with Crippen molar-refractivity contribution in [3.05, 3.63) is 29.0 Å². The molecule has 1 aromatic carbocycles. The molecule has 1 aliphatic rings. The molecule has 0 spiro atoms. The lowest BCUT2D eigenvalue weighted by Gasteiger charge is -2.09. The van der Waals surface area contributed by atoms with Gasteiger partial charge in [-0.2, -0.15) is 0 Å². The maximum atomic E-state index is 10.8. The summed E-state index contributed by atoms with van der Waals surface area (Å²) in [5, 5.41) is 12.7. The number of nitrogens with zero attached hydrogens (tertiary/aromatic N) is 1. The summed E-state index contributed by atoms with van der Waals surface area (Å²) in [7, 11) is 0. The van der Waals surface area contributed by atoms with Crippen molar-refractivity contribution in [1.82, 2.24) is 5.16 Å². The summed E-state index contributed by atoms with van der Waals surface area (Å²) in [6, 6.07) is 3.27. The van der Waals surface area contributed by atoms with Crippen LogP contribution in [0, 0.1) is 13.8 Å².